The van der Waals surface area contributed by atoms with E-state index in [0.29, 0.717) is 43.2 Å². The normalized spacial score (nSPS) is 14.6. The van der Waals surface area contributed by atoms with E-state index in [1.165, 1.54) is 6.07 Å². The van der Waals surface area contributed by atoms with Crippen molar-refractivity contribution in [2.75, 3.05) is 38.1 Å². The topological polar surface area (TPSA) is 84.9 Å². The van der Waals surface area contributed by atoms with Crippen molar-refractivity contribution in [3.8, 4) is 5.75 Å². The van der Waals surface area contributed by atoms with E-state index in [1.54, 1.807) is 49.3 Å². The molecule has 2 aromatic carbocycles. The van der Waals surface area contributed by atoms with Crippen LogP contribution in [0, 0.1) is 13.8 Å². The average molecular weight is 404 g/mol. The minimum Gasteiger partial charge on any atom is -0.496 e. The predicted molar refractivity (Wildman–Crippen MR) is 106 cm³/mol. The van der Waals surface area contributed by atoms with E-state index >= 15 is 0 Å². The van der Waals surface area contributed by atoms with E-state index in [1.807, 2.05) is 6.92 Å². The average Bonchev–Trinajstić information content (AvgIpc) is 2.70. The summed E-state index contributed by atoms with van der Waals surface area (Å²) in [5.74, 6) is 0.406. The van der Waals surface area contributed by atoms with Crippen LogP contribution in [0.4, 0.5) is 5.69 Å². The zero-order chi connectivity index (χ0) is 20.3. The summed E-state index contributed by atoms with van der Waals surface area (Å²) in [5.41, 5.74) is 1.93. The molecule has 0 aromatic heterocycles. The molecule has 8 heteroatoms. The van der Waals surface area contributed by atoms with Crippen LogP contribution in [0.1, 0.15) is 21.5 Å². The van der Waals surface area contributed by atoms with E-state index in [9.17, 15) is 13.2 Å². The standard InChI is InChI=1S/C20H24N2O5S/c1-14-15(2)19(9-8-18(14)26-3)28(24,25)21-17-7-5-4-6-16(17)20(23)22-10-12-27-13-11-22/h4-9,21H,10-13H2,1-3H3. The minimum atomic E-state index is -3.88. The van der Waals surface area contributed by atoms with Gasteiger partial charge in [0.25, 0.3) is 15.9 Å². The number of hydrogen-bond donors (Lipinski definition) is 1. The highest BCUT2D eigenvalue weighted by Gasteiger charge is 2.25. The fourth-order valence-corrected chi connectivity index (χ4v) is 4.56. The van der Waals surface area contributed by atoms with E-state index in [2.05, 4.69) is 4.72 Å². The second-order valence-corrected chi connectivity index (χ2v) is 8.22. The second-order valence-electron chi connectivity index (χ2n) is 6.57. The molecule has 1 fully saturated rings. The lowest BCUT2D eigenvalue weighted by Gasteiger charge is -2.27. The first-order valence-corrected chi connectivity index (χ1v) is 10.5. The molecule has 0 radical (unpaired) electrons. The first-order chi connectivity index (χ1) is 13.3. The molecule has 1 aliphatic rings. The summed E-state index contributed by atoms with van der Waals surface area (Å²) in [4.78, 5) is 14.7. The Kier molecular flexibility index (Phi) is 5.90. The van der Waals surface area contributed by atoms with Gasteiger partial charge in [0.1, 0.15) is 5.75 Å². The molecular weight excluding hydrogens is 380 g/mol. The van der Waals surface area contributed by atoms with Crippen molar-refractivity contribution in [3.05, 3.63) is 53.1 Å². The molecule has 0 saturated carbocycles. The number of methoxy groups -OCH3 is 1. The molecule has 0 spiro atoms. The van der Waals surface area contributed by atoms with Gasteiger partial charge in [-0.1, -0.05) is 12.1 Å². The molecule has 0 bridgehead atoms. The summed E-state index contributed by atoms with van der Waals surface area (Å²) < 4.78 is 39.2. The summed E-state index contributed by atoms with van der Waals surface area (Å²) in [6.07, 6.45) is 0. The van der Waals surface area contributed by atoms with Gasteiger partial charge in [0.2, 0.25) is 0 Å². The van der Waals surface area contributed by atoms with Gasteiger partial charge in [-0.25, -0.2) is 8.42 Å². The van der Waals surface area contributed by atoms with Crippen LogP contribution in [0.5, 0.6) is 5.75 Å². The zero-order valence-electron chi connectivity index (χ0n) is 16.2. The molecule has 1 amide bonds. The van der Waals surface area contributed by atoms with Crippen molar-refractivity contribution in [1.29, 1.82) is 0 Å². The largest absolute Gasteiger partial charge is 0.496 e. The first-order valence-electron chi connectivity index (χ1n) is 8.98. The Balaban J connectivity index is 1.93. The number of hydrogen-bond acceptors (Lipinski definition) is 5. The van der Waals surface area contributed by atoms with Gasteiger partial charge in [-0.05, 0) is 49.2 Å². The fourth-order valence-electron chi connectivity index (χ4n) is 3.18. The number of nitrogens with one attached hydrogen (secondary N) is 1. The van der Waals surface area contributed by atoms with Crippen LogP contribution in [-0.4, -0.2) is 52.6 Å². The van der Waals surface area contributed by atoms with Gasteiger partial charge in [0.15, 0.2) is 0 Å². The Morgan fingerprint density at radius 2 is 1.75 bits per heavy atom. The van der Waals surface area contributed by atoms with Gasteiger partial charge < -0.3 is 14.4 Å². The molecule has 3 rings (SSSR count). The number of rotatable bonds is 5. The van der Waals surface area contributed by atoms with Crippen LogP contribution in [0.15, 0.2) is 41.3 Å². The van der Waals surface area contributed by atoms with Crippen LogP contribution >= 0.6 is 0 Å². The molecule has 150 valence electrons. The molecule has 1 heterocycles. The van der Waals surface area contributed by atoms with E-state index in [4.69, 9.17) is 9.47 Å². The van der Waals surface area contributed by atoms with Gasteiger partial charge in [0.05, 0.1) is 36.5 Å². The molecule has 0 unspecified atom stereocenters. The monoisotopic (exact) mass is 404 g/mol. The van der Waals surface area contributed by atoms with E-state index in [-0.39, 0.29) is 16.5 Å². The predicted octanol–water partition coefficient (Wildman–Crippen LogP) is 2.59. The molecule has 1 saturated heterocycles. The lowest BCUT2D eigenvalue weighted by Crippen LogP contribution is -2.41. The summed E-state index contributed by atoms with van der Waals surface area (Å²) in [6, 6.07) is 9.77. The lowest BCUT2D eigenvalue weighted by molar-refractivity contribution is 0.0303. The second kappa shape index (κ2) is 8.20. The molecule has 2 aromatic rings. The van der Waals surface area contributed by atoms with Crippen molar-refractivity contribution in [2.24, 2.45) is 0 Å². The number of amides is 1. The number of para-hydroxylation sites is 1. The van der Waals surface area contributed by atoms with Gasteiger partial charge in [0, 0.05) is 13.1 Å². The smallest absolute Gasteiger partial charge is 0.262 e. The first kappa shape index (κ1) is 20.2. The van der Waals surface area contributed by atoms with Gasteiger partial charge >= 0.3 is 0 Å². The molecule has 1 aliphatic heterocycles. The molecule has 0 atom stereocenters. The number of benzene rings is 2. The van der Waals surface area contributed by atoms with Crippen molar-refractivity contribution in [1.82, 2.24) is 4.90 Å². The lowest BCUT2D eigenvalue weighted by atomic mass is 10.1. The van der Waals surface area contributed by atoms with Gasteiger partial charge in [-0.2, -0.15) is 0 Å². The number of morpholine rings is 1. The summed E-state index contributed by atoms with van der Waals surface area (Å²) in [6.45, 7) is 5.46. The number of ether oxygens (including phenoxy) is 2. The van der Waals surface area contributed by atoms with Crippen molar-refractivity contribution in [2.45, 2.75) is 18.7 Å². The Morgan fingerprint density at radius 1 is 1.07 bits per heavy atom. The van der Waals surface area contributed by atoms with Crippen LogP contribution in [0.3, 0.4) is 0 Å². The van der Waals surface area contributed by atoms with Crippen molar-refractivity contribution in [3.63, 3.8) is 0 Å². The van der Waals surface area contributed by atoms with Crippen LogP contribution in [0.25, 0.3) is 0 Å². The third-order valence-electron chi connectivity index (χ3n) is 4.90. The fraction of sp³-hybridized carbons (Fsp3) is 0.350. The Morgan fingerprint density at radius 3 is 2.43 bits per heavy atom. The highest BCUT2D eigenvalue weighted by atomic mass is 32.2. The maximum absolute atomic E-state index is 13.0. The van der Waals surface area contributed by atoms with E-state index < -0.39 is 10.0 Å². The summed E-state index contributed by atoms with van der Waals surface area (Å²) in [5, 5.41) is 0. The molecule has 7 nitrogen and oxygen atoms in total. The maximum Gasteiger partial charge on any atom is 0.262 e. The van der Waals surface area contributed by atoms with Crippen LogP contribution in [-0.2, 0) is 14.8 Å². The third-order valence-corrected chi connectivity index (χ3v) is 6.41. The summed E-state index contributed by atoms with van der Waals surface area (Å²) >= 11 is 0. The molecule has 1 N–H and O–H groups in total. The Bertz CT molecular complexity index is 982. The van der Waals surface area contributed by atoms with Gasteiger partial charge in [-0.15, -0.1) is 0 Å². The van der Waals surface area contributed by atoms with Crippen molar-refractivity contribution >= 4 is 21.6 Å². The summed E-state index contributed by atoms with van der Waals surface area (Å²) in [7, 11) is -2.34. The third kappa shape index (κ3) is 3.98. The molecule has 0 aliphatic carbocycles. The number of carbonyl (C=O) groups is 1. The number of carbonyl (C=O) groups excluding carboxylic acids is 1. The highest BCUT2D eigenvalue weighted by molar-refractivity contribution is 7.92. The van der Waals surface area contributed by atoms with E-state index in [0.717, 1.165) is 5.56 Å². The quantitative estimate of drug-likeness (QED) is 0.828. The van der Waals surface area contributed by atoms with Crippen LogP contribution in [0.2, 0.25) is 0 Å². The zero-order valence-corrected chi connectivity index (χ0v) is 17.0. The Hall–Kier alpha value is -2.58. The molecular formula is C20H24N2O5S. The van der Waals surface area contributed by atoms with Crippen LogP contribution < -0.4 is 9.46 Å². The Labute approximate surface area is 165 Å². The maximum atomic E-state index is 13.0. The number of nitrogens with zero attached hydrogens (tertiary/aromatic N) is 1. The highest BCUT2D eigenvalue weighted by Crippen LogP contribution is 2.29. The number of anilines is 1. The van der Waals surface area contributed by atoms with Crippen molar-refractivity contribution < 1.29 is 22.7 Å². The number of sulfonamides is 1. The molecule has 28 heavy (non-hydrogen) atoms. The van der Waals surface area contributed by atoms with Gasteiger partial charge in [-0.3, -0.25) is 9.52 Å². The SMILES string of the molecule is COc1ccc(S(=O)(=O)Nc2ccccc2C(=O)N2CCOCC2)c(C)c1C. The minimum absolute atomic E-state index is 0.152.